The highest BCUT2D eigenvalue weighted by Gasteiger charge is 2.23. The molecule has 0 fully saturated rings. The molecule has 5 nitrogen and oxygen atoms in total. The third kappa shape index (κ3) is 3.74. The molecule has 1 unspecified atom stereocenters. The van der Waals surface area contributed by atoms with Crippen LogP contribution in [0.5, 0.6) is 0 Å². The molecule has 1 heterocycles. The van der Waals surface area contributed by atoms with Gasteiger partial charge in [-0.05, 0) is 19.4 Å². The molecule has 114 valence electrons. The second-order valence-electron chi connectivity index (χ2n) is 5.49. The van der Waals surface area contributed by atoms with Crippen molar-refractivity contribution in [3.8, 4) is 0 Å². The smallest absolute Gasteiger partial charge is 0.239 e. The largest absolute Gasteiger partial charge is 0.411 e. The average Bonchev–Trinajstić information content (AvgIpc) is 2.47. The van der Waals surface area contributed by atoms with Gasteiger partial charge in [-0.2, -0.15) is 0 Å². The number of amides is 1. The maximum absolute atomic E-state index is 12.1. The van der Waals surface area contributed by atoms with Crippen LogP contribution in [0.2, 0.25) is 0 Å². The third-order valence-corrected chi connectivity index (χ3v) is 3.76. The standard InChI is InChI=1S/C16H23N3O2/c1-3-6-12(2)17-16(20)11-19-10-9-14(18-21)13-7-4-5-8-15(13)19/h4-5,7-8,12,21H,3,6,9-11H2,1-2H3,(H,17,20). The second kappa shape index (κ2) is 7.11. The first kappa shape index (κ1) is 15.4. The molecule has 1 aliphatic heterocycles. The van der Waals surface area contributed by atoms with E-state index in [1.807, 2.05) is 36.1 Å². The highest BCUT2D eigenvalue weighted by Crippen LogP contribution is 2.26. The molecule has 0 spiro atoms. The van der Waals surface area contributed by atoms with Crippen LogP contribution < -0.4 is 10.2 Å². The SMILES string of the molecule is CCCC(C)NC(=O)CN1CCC(=NO)c2ccccc21. The van der Waals surface area contributed by atoms with Gasteiger partial charge in [0.05, 0.1) is 12.3 Å². The van der Waals surface area contributed by atoms with Crippen LogP contribution in [0.1, 0.15) is 38.7 Å². The number of benzene rings is 1. The zero-order valence-electron chi connectivity index (χ0n) is 12.7. The Morgan fingerprint density at radius 2 is 2.24 bits per heavy atom. The van der Waals surface area contributed by atoms with Crippen molar-refractivity contribution < 1.29 is 10.0 Å². The number of nitrogens with zero attached hydrogens (tertiary/aromatic N) is 2. The van der Waals surface area contributed by atoms with Crippen molar-refractivity contribution in [2.24, 2.45) is 5.16 Å². The highest BCUT2D eigenvalue weighted by atomic mass is 16.4. The number of fused-ring (bicyclic) bond motifs is 1. The number of hydrogen-bond acceptors (Lipinski definition) is 4. The summed E-state index contributed by atoms with van der Waals surface area (Å²) in [5, 5.41) is 15.5. The van der Waals surface area contributed by atoms with Crippen LogP contribution in [0.4, 0.5) is 5.69 Å². The maximum Gasteiger partial charge on any atom is 0.239 e. The number of rotatable bonds is 5. The van der Waals surface area contributed by atoms with Crippen molar-refractivity contribution in [3.05, 3.63) is 29.8 Å². The van der Waals surface area contributed by atoms with E-state index in [4.69, 9.17) is 5.21 Å². The van der Waals surface area contributed by atoms with E-state index in [2.05, 4.69) is 17.4 Å². The summed E-state index contributed by atoms with van der Waals surface area (Å²) in [7, 11) is 0. The molecule has 5 heteroatoms. The normalized spacial score (nSPS) is 17.4. The predicted molar refractivity (Wildman–Crippen MR) is 84.1 cm³/mol. The zero-order chi connectivity index (χ0) is 15.2. The van der Waals surface area contributed by atoms with Crippen LogP contribution in [0, 0.1) is 0 Å². The van der Waals surface area contributed by atoms with Crippen molar-refractivity contribution >= 4 is 17.3 Å². The number of para-hydroxylation sites is 1. The minimum atomic E-state index is 0.0372. The molecule has 2 rings (SSSR count). The quantitative estimate of drug-likeness (QED) is 0.646. The van der Waals surface area contributed by atoms with Gasteiger partial charge in [0.1, 0.15) is 0 Å². The maximum atomic E-state index is 12.1. The first-order valence-electron chi connectivity index (χ1n) is 7.50. The van der Waals surface area contributed by atoms with Gasteiger partial charge in [-0.1, -0.05) is 36.7 Å². The van der Waals surface area contributed by atoms with E-state index in [1.54, 1.807) is 0 Å². The fourth-order valence-electron chi connectivity index (χ4n) is 2.76. The first-order chi connectivity index (χ1) is 10.2. The van der Waals surface area contributed by atoms with Gasteiger partial charge < -0.3 is 15.4 Å². The van der Waals surface area contributed by atoms with Gasteiger partial charge in [0, 0.05) is 30.3 Å². The highest BCUT2D eigenvalue weighted by molar-refractivity contribution is 6.07. The van der Waals surface area contributed by atoms with Crippen LogP contribution in [0.3, 0.4) is 0 Å². The molecular weight excluding hydrogens is 266 g/mol. The second-order valence-corrected chi connectivity index (χ2v) is 5.49. The molecule has 0 bridgehead atoms. The minimum absolute atomic E-state index is 0.0372. The van der Waals surface area contributed by atoms with Crippen LogP contribution in [0.25, 0.3) is 0 Å². The fraction of sp³-hybridized carbons (Fsp3) is 0.500. The van der Waals surface area contributed by atoms with Crippen molar-refractivity contribution in [2.75, 3.05) is 18.0 Å². The lowest BCUT2D eigenvalue weighted by Gasteiger charge is -2.31. The summed E-state index contributed by atoms with van der Waals surface area (Å²) < 4.78 is 0. The van der Waals surface area contributed by atoms with Gasteiger partial charge in [-0.25, -0.2) is 0 Å². The molecule has 1 aromatic rings. The Bertz CT molecular complexity index is 528. The number of oxime groups is 1. The Hall–Kier alpha value is -2.04. The first-order valence-corrected chi connectivity index (χ1v) is 7.50. The molecule has 0 radical (unpaired) electrons. The molecule has 1 aliphatic rings. The van der Waals surface area contributed by atoms with Crippen LogP contribution in [-0.2, 0) is 4.79 Å². The monoisotopic (exact) mass is 289 g/mol. The molecule has 2 N–H and O–H groups in total. The molecule has 1 aromatic carbocycles. The van der Waals surface area contributed by atoms with Gasteiger partial charge in [0.2, 0.25) is 5.91 Å². The van der Waals surface area contributed by atoms with Crippen LogP contribution in [-0.4, -0.2) is 36.0 Å². The lowest BCUT2D eigenvalue weighted by Crippen LogP contribution is -2.43. The summed E-state index contributed by atoms with van der Waals surface area (Å²) in [4.78, 5) is 14.2. The van der Waals surface area contributed by atoms with Gasteiger partial charge in [0.15, 0.2) is 0 Å². The van der Waals surface area contributed by atoms with E-state index in [1.165, 1.54) is 0 Å². The van der Waals surface area contributed by atoms with Crippen molar-refractivity contribution in [2.45, 2.75) is 39.2 Å². The lowest BCUT2D eigenvalue weighted by molar-refractivity contribution is -0.120. The number of anilines is 1. The lowest BCUT2D eigenvalue weighted by atomic mass is 9.99. The van der Waals surface area contributed by atoms with Crippen molar-refractivity contribution in [1.29, 1.82) is 0 Å². The molecule has 0 saturated carbocycles. The summed E-state index contributed by atoms with van der Waals surface area (Å²) in [5.41, 5.74) is 2.54. The minimum Gasteiger partial charge on any atom is -0.411 e. The number of nitrogens with one attached hydrogen (secondary N) is 1. The number of carbonyl (C=O) groups is 1. The van der Waals surface area contributed by atoms with E-state index in [9.17, 15) is 4.79 Å². The van der Waals surface area contributed by atoms with E-state index >= 15 is 0 Å². The third-order valence-electron chi connectivity index (χ3n) is 3.76. The van der Waals surface area contributed by atoms with Gasteiger partial charge >= 0.3 is 0 Å². The zero-order valence-corrected chi connectivity index (χ0v) is 12.7. The molecule has 0 aromatic heterocycles. The Balaban J connectivity index is 2.06. The van der Waals surface area contributed by atoms with Crippen LogP contribution >= 0.6 is 0 Å². The Labute approximate surface area is 125 Å². The Morgan fingerprint density at radius 3 is 2.95 bits per heavy atom. The fourth-order valence-corrected chi connectivity index (χ4v) is 2.76. The van der Waals surface area contributed by atoms with Crippen molar-refractivity contribution in [3.63, 3.8) is 0 Å². The summed E-state index contributed by atoms with van der Waals surface area (Å²) >= 11 is 0. The molecule has 0 saturated heterocycles. The van der Waals surface area contributed by atoms with E-state index < -0.39 is 0 Å². The summed E-state index contributed by atoms with van der Waals surface area (Å²) in [6, 6.07) is 7.94. The summed E-state index contributed by atoms with van der Waals surface area (Å²) in [6.45, 7) is 5.16. The van der Waals surface area contributed by atoms with Gasteiger partial charge in [-0.3, -0.25) is 4.79 Å². The Kier molecular flexibility index (Phi) is 5.20. The van der Waals surface area contributed by atoms with Gasteiger partial charge in [-0.15, -0.1) is 0 Å². The van der Waals surface area contributed by atoms with E-state index in [-0.39, 0.29) is 11.9 Å². The molecule has 21 heavy (non-hydrogen) atoms. The van der Waals surface area contributed by atoms with Crippen LogP contribution in [0.15, 0.2) is 29.4 Å². The van der Waals surface area contributed by atoms with E-state index in [0.717, 1.165) is 24.1 Å². The average molecular weight is 289 g/mol. The molecule has 0 aliphatic carbocycles. The molecular formula is C16H23N3O2. The van der Waals surface area contributed by atoms with Gasteiger partial charge in [0.25, 0.3) is 0 Å². The predicted octanol–water partition coefficient (Wildman–Crippen LogP) is 2.38. The number of carbonyl (C=O) groups excluding carboxylic acids is 1. The topological polar surface area (TPSA) is 64.9 Å². The number of hydrogen-bond donors (Lipinski definition) is 2. The molecule has 1 amide bonds. The summed E-state index contributed by atoms with van der Waals surface area (Å²) in [5.74, 6) is 0.0372. The molecule has 1 atom stereocenters. The Morgan fingerprint density at radius 1 is 1.48 bits per heavy atom. The van der Waals surface area contributed by atoms with E-state index in [0.29, 0.717) is 25.2 Å². The van der Waals surface area contributed by atoms with Crippen molar-refractivity contribution in [1.82, 2.24) is 5.32 Å². The summed E-state index contributed by atoms with van der Waals surface area (Å²) in [6.07, 6.45) is 2.69.